The van der Waals surface area contributed by atoms with Crippen LogP contribution in [0.5, 0.6) is 0 Å². The summed E-state index contributed by atoms with van der Waals surface area (Å²) in [5.41, 5.74) is 2.84. The summed E-state index contributed by atoms with van der Waals surface area (Å²) in [4.78, 5) is 19.6. The molecule has 3 aromatic rings. The van der Waals surface area contributed by atoms with E-state index >= 15 is 0 Å². The molecule has 1 aromatic heterocycles. The molecule has 0 aliphatic rings. The van der Waals surface area contributed by atoms with Crippen molar-refractivity contribution in [1.29, 1.82) is 0 Å². The second-order valence-corrected chi connectivity index (χ2v) is 5.78. The molecule has 4 nitrogen and oxygen atoms in total. The largest absolute Gasteiger partial charge is 0.356 e. The van der Waals surface area contributed by atoms with Crippen LogP contribution in [0, 0.1) is 5.82 Å². The van der Waals surface area contributed by atoms with Crippen molar-refractivity contribution in [3.63, 3.8) is 0 Å². The van der Waals surface area contributed by atoms with E-state index in [1.165, 1.54) is 12.1 Å². The normalized spacial score (nSPS) is 10.9. The zero-order valence-corrected chi connectivity index (χ0v) is 13.4. The van der Waals surface area contributed by atoms with Crippen LogP contribution in [0.4, 0.5) is 4.39 Å². The van der Waals surface area contributed by atoms with Gasteiger partial charge in [-0.15, -0.1) is 0 Å². The zero-order chi connectivity index (χ0) is 16.8. The first-order valence-electron chi connectivity index (χ1n) is 8.15. The first kappa shape index (κ1) is 16.2. The number of H-pyrrole nitrogens is 1. The van der Waals surface area contributed by atoms with Gasteiger partial charge in [0.15, 0.2) is 0 Å². The maximum Gasteiger partial charge on any atom is 0.220 e. The Labute approximate surface area is 140 Å². The van der Waals surface area contributed by atoms with Crippen molar-refractivity contribution in [2.45, 2.75) is 25.7 Å². The molecule has 5 heteroatoms. The summed E-state index contributed by atoms with van der Waals surface area (Å²) in [6.07, 6.45) is 2.53. The monoisotopic (exact) mass is 325 g/mol. The molecule has 0 fully saturated rings. The highest BCUT2D eigenvalue weighted by molar-refractivity contribution is 5.76. The number of hydrogen-bond donors (Lipinski definition) is 2. The minimum absolute atomic E-state index is 0.0103. The predicted molar refractivity (Wildman–Crippen MR) is 92.1 cm³/mol. The number of nitrogens with one attached hydrogen (secondary N) is 2. The number of para-hydroxylation sites is 2. The predicted octanol–water partition coefficient (Wildman–Crippen LogP) is 3.38. The molecule has 1 heterocycles. The number of hydrogen-bond acceptors (Lipinski definition) is 2. The van der Waals surface area contributed by atoms with Crippen LogP contribution in [0.3, 0.4) is 0 Å². The molecule has 0 atom stereocenters. The van der Waals surface area contributed by atoms with Crippen molar-refractivity contribution in [3.05, 3.63) is 65.7 Å². The maximum atomic E-state index is 13.1. The lowest BCUT2D eigenvalue weighted by Gasteiger charge is -2.05. The summed E-state index contributed by atoms with van der Waals surface area (Å²) < 4.78 is 13.1. The molecule has 0 saturated carbocycles. The number of aryl methyl sites for hydroxylation is 2. The highest BCUT2D eigenvalue weighted by Crippen LogP contribution is 2.11. The summed E-state index contributed by atoms with van der Waals surface area (Å²) >= 11 is 0. The van der Waals surface area contributed by atoms with Crippen LogP contribution in [0.25, 0.3) is 11.0 Å². The average Bonchev–Trinajstić information content (AvgIpc) is 3.00. The number of nitrogens with zero attached hydrogens (tertiary/aromatic N) is 1. The van der Waals surface area contributed by atoms with Crippen LogP contribution in [0.2, 0.25) is 0 Å². The van der Waals surface area contributed by atoms with E-state index in [-0.39, 0.29) is 11.7 Å². The fourth-order valence-corrected chi connectivity index (χ4v) is 2.65. The van der Waals surface area contributed by atoms with Gasteiger partial charge in [-0.2, -0.15) is 0 Å². The molecule has 0 spiro atoms. The average molecular weight is 325 g/mol. The second-order valence-electron chi connectivity index (χ2n) is 5.78. The summed E-state index contributed by atoms with van der Waals surface area (Å²) in [6.45, 7) is 0.610. The van der Waals surface area contributed by atoms with E-state index in [0.29, 0.717) is 19.4 Å². The molecule has 0 aliphatic carbocycles. The fourth-order valence-electron chi connectivity index (χ4n) is 2.65. The zero-order valence-electron chi connectivity index (χ0n) is 13.4. The van der Waals surface area contributed by atoms with Gasteiger partial charge < -0.3 is 10.3 Å². The minimum Gasteiger partial charge on any atom is -0.356 e. The molecule has 2 aromatic carbocycles. The third kappa shape index (κ3) is 4.41. The molecular formula is C19H20FN3O. The number of carbonyl (C=O) groups excluding carboxylic acids is 1. The van der Waals surface area contributed by atoms with Gasteiger partial charge in [0.1, 0.15) is 11.6 Å². The topological polar surface area (TPSA) is 57.8 Å². The van der Waals surface area contributed by atoms with Crippen molar-refractivity contribution in [1.82, 2.24) is 15.3 Å². The van der Waals surface area contributed by atoms with Crippen LogP contribution in [-0.2, 0) is 17.6 Å². The molecule has 0 radical (unpaired) electrons. The van der Waals surface area contributed by atoms with Gasteiger partial charge in [-0.1, -0.05) is 24.3 Å². The highest BCUT2D eigenvalue weighted by atomic mass is 19.1. The van der Waals surface area contributed by atoms with Gasteiger partial charge in [-0.3, -0.25) is 4.79 Å². The molecule has 124 valence electrons. The van der Waals surface area contributed by atoms with Crippen molar-refractivity contribution < 1.29 is 9.18 Å². The number of aromatic nitrogens is 2. The maximum absolute atomic E-state index is 13.1. The van der Waals surface area contributed by atoms with E-state index in [4.69, 9.17) is 0 Å². The van der Waals surface area contributed by atoms with Crippen molar-refractivity contribution >= 4 is 16.9 Å². The third-order valence-electron chi connectivity index (χ3n) is 3.88. The lowest BCUT2D eigenvalue weighted by atomic mass is 10.1. The third-order valence-corrected chi connectivity index (χ3v) is 3.88. The number of aromatic amines is 1. The molecule has 0 saturated heterocycles. The van der Waals surface area contributed by atoms with Gasteiger partial charge in [-0.25, -0.2) is 9.37 Å². The molecule has 2 N–H and O–H groups in total. The number of halogens is 1. The number of rotatable bonds is 7. The smallest absolute Gasteiger partial charge is 0.220 e. The van der Waals surface area contributed by atoms with E-state index < -0.39 is 0 Å². The van der Waals surface area contributed by atoms with Crippen LogP contribution < -0.4 is 5.32 Å². The van der Waals surface area contributed by atoms with E-state index in [9.17, 15) is 9.18 Å². The number of imidazole rings is 1. The summed E-state index contributed by atoms with van der Waals surface area (Å²) in [5, 5.41) is 2.90. The first-order valence-corrected chi connectivity index (χ1v) is 8.15. The number of amides is 1. The summed E-state index contributed by atoms with van der Waals surface area (Å²) in [6, 6.07) is 14.3. The quantitative estimate of drug-likeness (QED) is 0.654. The Balaban J connectivity index is 1.37. The van der Waals surface area contributed by atoms with E-state index in [1.54, 1.807) is 6.07 Å². The molecule has 24 heavy (non-hydrogen) atoms. The number of carbonyl (C=O) groups is 1. The SMILES string of the molecule is O=C(CCc1cccc(F)c1)NCCCc1nc2ccccc2[nH]1. The molecule has 0 unspecified atom stereocenters. The van der Waals surface area contributed by atoms with Crippen LogP contribution in [0.15, 0.2) is 48.5 Å². The first-order chi connectivity index (χ1) is 11.7. The Morgan fingerprint density at radius 3 is 2.83 bits per heavy atom. The van der Waals surface area contributed by atoms with Gasteiger partial charge >= 0.3 is 0 Å². The fraction of sp³-hybridized carbons (Fsp3) is 0.263. The Morgan fingerprint density at radius 2 is 2.00 bits per heavy atom. The highest BCUT2D eigenvalue weighted by Gasteiger charge is 2.04. The standard InChI is InChI=1S/C19H20FN3O/c20-15-6-3-5-14(13-15)10-11-19(24)21-12-4-9-18-22-16-7-1-2-8-17(16)23-18/h1-3,5-8,13H,4,9-12H2,(H,21,24)(H,22,23). The molecule has 3 rings (SSSR count). The van der Waals surface area contributed by atoms with Crippen molar-refractivity contribution in [3.8, 4) is 0 Å². The minimum atomic E-state index is -0.265. The van der Waals surface area contributed by atoms with Gasteiger partial charge in [0, 0.05) is 19.4 Å². The van der Waals surface area contributed by atoms with Gasteiger partial charge in [0.2, 0.25) is 5.91 Å². The summed E-state index contributed by atoms with van der Waals surface area (Å²) in [5.74, 6) is 0.660. The van der Waals surface area contributed by atoms with E-state index in [1.807, 2.05) is 30.3 Å². The number of fused-ring (bicyclic) bond motifs is 1. The van der Waals surface area contributed by atoms with Crippen molar-refractivity contribution in [2.24, 2.45) is 0 Å². The van der Waals surface area contributed by atoms with Gasteiger partial charge in [0.05, 0.1) is 11.0 Å². The molecule has 0 aliphatic heterocycles. The van der Waals surface area contributed by atoms with Crippen LogP contribution >= 0.6 is 0 Å². The van der Waals surface area contributed by atoms with Crippen LogP contribution in [0.1, 0.15) is 24.2 Å². The Morgan fingerprint density at radius 1 is 1.12 bits per heavy atom. The van der Waals surface area contributed by atoms with Crippen LogP contribution in [-0.4, -0.2) is 22.4 Å². The number of benzene rings is 2. The lowest BCUT2D eigenvalue weighted by Crippen LogP contribution is -2.25. The van der Waals surface area contributed by atoms with Crippen molar-refractivity contribution in [2.75, 3.05) is 6.54 Å². The molecule has 0 bridgehead atoms. The Hall–Kier alpha value is -2.69. The second kappa shape index (κ2) is 7.73. The molecule has 1 amide bonds. The van der Waals surface area contributed by atoms with E-state index in [0.717, 1.165) is 35.3 Å². The Kier molecular flexibility index (Phi) is 5.21. The van der Waals surface area contributed by atoms with E-state index in [2.05, 4.69) is 15.3 Å². The summed E-state index contributed by atoms with van der Waals surface area (Å²) in [7, 11) is 0. The van der Waals surface area contributed by atoms with Gasteiger partial charge in [0.25, 0.3) is 0 Å². The Bertz CT molecular complexity index is 795. The van der Waals surface area contributed by atoms with Gasteiger partial charge in [-0.05, 0) is 42.7 Å². The molecular weight excluding hydrogens is 305 g/mol. The lowest BCUT2D eigenvalue weighted by molar-refractivity contribution is -0.121.